The van der Waals surface area contributed by atoms with Gasteiger partial charge < -0.3 is 0 Å². The van der Waals surface area contributed by atoms with Crippen LogP contribution in [0.25, 0.3) is 0 Å². The maximum absolute atomic E-state index is 6.19. The predicted octanol–water partition coefficient (Wildman–Crippen LogP) is 5.04. The van der Waals surface area contributed by atoms with Crippen molar-refractivity contribution in [1.82, 2.24) is 5.32 Å². The molecule has 1 saturated carbocycles. The lowest BCUT2D eigenvalue weighted by atomic mass is 9.59. The largest absolute Gasteiger partial charge is 0.242 e. The first-order valence-corrected chi connectivity index (χ1v) is 8.04. The average molecular weight is 297 g/mol. The van der Waals surface area contributed by atoms with Gasteiger partial charge in [-0.1, -0.05) is 36.0 Å². The van der Waals surface area contributed by atoms with Crippen LogP contribution in [0.2, 0.25) is 10.0 Å². The Morgan fingerprint density at radius 3 is 2.32 bits per heavy atom. The fraction of sp³-hybridized carbons (Fsp3) is 0.625. The van der Waals surface area contributed by atoms with Crippen molar-refractivity contribution >= 4 is 23.2 Å². The summed E-state index contributed by atoms with van der Waals surface area (Å²) >= 11 is 12.4. The first-order valence-electron chi connectivity index (χ1n) is 7.29. The van der Waals surface area contributed by atoms with E-state index in [-0.39, 0.29) is 0 Å². The summed E-state index contributed by atoms with van der Waals surface area (Å²) in [5, 5.41) is 6.07. The van der Waals surface area contributed by atoms with E-state index in [1.807, 2.05) is 6.07 Å². The highest BCUT2D eigenvalue weighted by Gasteiger charge is 2.42. The van der Waals surface area contributed by atoms with Crippen molar-refractivity contribution < 1.29 is 0 Å². The maximum atomic E-state index is 6.19. The smallest absolute Gasteiger partial charge is 0.0423 e. The molecule has 1 saturated heterocycles. The first-order chi connectivity index (χ1) is 9.20. The van der Waals surface area contributed by atoms with E-state index in [4.69, 9.17) is 23.2 Å². The second-order valence-corrected chi connectivity index (χ2v) is 6.91. The standard InChI is InChI=1S/C16H20Cl2N/c17-13-9-12(10-14(18)11-13)15-3-1-2-4-16(15)5-7-19-8-6-16/h9-11,15H,1-8H2. The highest BCUT2D eigenvalue weighted by molar-refractivity contribution is 6.34. The predicted molar refractivity (Wildman–Crippen MR) is 81.2 cm³/mol. The minimum Gasteiger partial charge on any atom is -0.242 e. The van der Waals surface area contributed by atoms with Crippen LogP contribution in [-0.2, 0) is 0 Å². The van der Waals surface area contributed by atoms with Crippen LogP contribution in [0, 0.1) is 5.41 Å². The van der Waals surface area contributed by atoms with Crippen molar-refractivity contribution in [3.8, 4) is 0 Å². The van der Waals surface area contributed by atoms with Crippen LogP contribution in [0.4, 0.5) is 0 Å². The van der Waals surface area contributed by atoms with E-state index >= 15 is 0 Å². The molecule has 0 aromatic heterocycles. The van der Waals surface area contributed by atoms with E-state index in [0.29, 0.717) is 11.3 Å². The average Bonchev–Trinajstić information content (AvgIpc) is 2.39. The van der Waals surface area contributed by atoms with E-state index in [1.54, 1.807) is 0 Å². The Kier molecular flexibility index (Phi) is 4.07. The van der Waals surface area contributed by atoms with Gasteiger partial charge >= 0.3 is 0 Å². The molecule has 1 nitrogen and oxygen atoms in total. The molecular weight excluding hydrogens is 277 g/mol. The van der Waals surface area contributed by atoms with Gasteiger partial charge in [-0.25, -0.2) is 5.32 Å². The lowest BCUT2D eigenvalue weighted by Gasteiger charge is -2.47. The monoisotopic (exact) mass is 296 g/mol. The van der Waals surface area contributed by atoms with Gasteiger partial charge in [0.05, 0.1) is 0 Å². The second kappa shape index (κ2) is 5.63. The molecule has 0 N–H and O–H groups in total. The van der Waals surface area contributed by atoms with Crippen LogP contribution >= 0.6 is 23.2 Å². The summed E-state index contributed by atoms with van der Waals surface area (Å²) in [5.41, 5.74) is 1.80. The van der Waals surface area contributed by atoms with Crippen LogP contribution in [0.3, 0.4) is 0 Å². The molecule has 1 radical (unpaired) electrons. The zero-order valence-corrected chi connectivity index (χ0v) is 12.7. The van der Waals surface area contributed by atoms with Gasteiger partial charge in [-0.2, -0.15) is 0 Å². The van der Waals surface area contributed by atoms with Gasteiger partial charge in [0.15, 0.2) is 0 Å². The molecule has 1 heterocycles. The number of hydrogen-bond acceptors (Lipinski definition) is 0. The fourth-order valence-electron chi connectivity index (χ4n) is 4.04. The molecule has 1 spiro atoms. The van der Waals surface area contributed by atoms with Crippen molar-refractivity contribution in [1.29, 1.82) is 0 Å². The summed E-state index contributed by atoms with van der Waals surface area (Å²) in [6, 6.07) is 6.08. The van der Waals surface area contributed by atoms with E-state index in [1.165, 1.54) is 44.1 Å². The Morgan fingerprint density at radius 1 is 0.947 bits per heavy atom. The van der Waals surface area contributed by atoms with Crippen LogP contribution < -0.4 is 5.32 Å². The normalized spacial score (nSPS) is 26.5. The minimum absolute atomic E-state index is 0.452. The Bertz CT molecular complexity index is 424. The quantitative estimate of drug-likeness (QED) is 0.690. The summed E-state index contributed by atoms with van der Waals surface area (Å²) < 4.78 is 0. The third-order valence-corrected chi connectivity index (χ3v) is 5.42. The van der Waals surface area contributed by atoms with Crippen LogP contribution in [0.15, 0.2) is 18.2 Å². The number of nitrogens with zero attached hydrogens (tertiary/aromatic N) is 1. The number of piperidine rings is 1. The van der Waals surface area contributed by atoms with Gasteiger partial charge in [-0.3, -0.25) is 0 Å². The maximum Gasteiger partial charge on any atom is 0.0423 e. The van der Waals surface area contributed by atoms with E-state index in [0.717, 1.165) is 23.1 Å². The topological polar surface area (TPSA) is 14.1 Å². The summed E-state index contributed by atoms with van der Waals surface area (Å²) in [4.78, 5) is 0. The molecule has 0 amide bonds. The Labute approximate surface area is 125 Å². The SMILES string of the molecule is Clc1cc(Cl)cc(C2CCCCC23CC[N]CC3)c1. The summed E-state index contributed by atoms with van der Waals surface area (Å²) in [6.45, 7) is 2.07. The zero-order valence-electron chi connectivity index (χ0n) is 11.2. The highest BCUT2D eigenvalue weighted by atomic mass is 35.5. The molecule has 1 unspecified atom stereocenters. The third-order valence-electron chi connectivity index (χ3n) is 4.98. The van der Waals surface area contributed by atoms with Crippen molar-refractivity contribution in [2.45, 2.75) is 44.4 Å². The highest BCUT2D eigenvalue weighted by Crippen LogP contribution is 2.53. The van der Waals surface area contributed by atoms with Gasteiger partial charge in [0.2, 0.25) is 0 Å². The van der Waals surface area contributed by atoms with Gasteiger partial charge in [0.25, 0.3) is 0 Å². The van der Waals surface area contributed by atoms with Crippen molar-refractivity contribution in [3.05, 3.63) is 33.8 Å². The Hall–Kier alpha value is -0.240. The van der Waals surface area contributed by atoms with Gasteiger partial charge in [-0.05, 0) is 60.8 Å². The number of benzene rings is 1. The molecule has 103 valence electrons. The summed E-state index contributed by atoms with van der Waals surface area (Å²) in [7, 11) is 0. The van der Waals surface area contributed by atoms with Crippen LogP contribution in [-0.4, -0.2) is 13.1 Å². The van der Waals surface area contributed by atoms with Crippen molar-refractivity contribution in [2.24, 2.45) is 5.41 Å². The summed E-state index contributed by atoms with van der Waals surface area (Å²) in [6.07, 6.45) is 7.79. The Morgan fingerprint density at radius 2 is 1.63 bits per heavy atom. The number of halogens is 2. The summed E-state index contributed by atoms with van der Waals surface area (Å²) in [5.74, 6) is 0.618. The van der Waals surface area contributed by atoms with E-state index in [9.17, 15) is 0 Å². The van der Waals surface area contributed by atoms with Crippen LogP contribution in [0.5, 0.6) is 0 Å². The minimum atomic E-state index is 0.452. The van der Waals surface area contributed by atoms with Crippen molar-refractivity contribution in [3.63, 3.8) is 0 Å². The van der Waals surface area contributed by atoms with Gasteiger partial charge in [0.1, 0.15) is 0 Å². The van der Waals surface area contributed by atoms with Gasteiger partial charge in [0, 0.05) is 23.1 Å². The lowest BCUT2D eigenvalue weighted by Crippen LogP contribution is -2.40. The molecule has 1 aliphatic carbocycles. The molecule has 0 bridgehead atoms. The molecule has 2 aliphatic rings. The van der Waals surface area contributed by atoms with Gasteiger partial charge in [-0.15, -0.1) is 0 Å². The fourth-order valence-corrected chi connectivity index (χ4v) is 4.58. The van der Waals surface area contributed by atoms with E-state index < -0.39 is 0 Å². The molecule has 19 heavy (non-hydrogen) atoms. The molecule has 3 rings (SSSR count). The molecule has 3 heteroatoms. The molecule has 1 aromatic rings. The molecule has 1 aromatic carbocycles. The third kappa shape index (κ3) is 2.79. The van der Waals surface area contributed by atoms with Crippen LogP contribution in [0.1, 0.15) is 50.0 Å². The first kappa shape index (κ1) is 13.7. The Balaban J connectivity index is 1.95. The lowest BCUT2D eigenvalue weighted by molar-refractivity contribution is 0.100. The second-order valence-electron chi connectivity index (χ2n) is 6.03. The molecule has 2 fully saturated rings. The molecule has 1 atom stereocenters. The molecular formula is C16H20Cl2N. The number of hydrogen-bond donors (Lipinski definition) is 0. The molecule has 1 aliphatic heterocycles. The van der Waals surface area contributed by atoms with E-state index in [2.05, 4.69) is 17.4 Å². The zero-order chi connectivity index (χ0) is 13.3. The number of rotatable bonds is 1. The van der Waals surface area contributed by atoms with Crippen molar-refractivity contribution in [2.75, 3.05) is 13.1 Å².